The number of rotatable bonds is 7. The molecule has 1 amide bonds. The van der Waals surface area contributed by atoms with Gasteiger partial charge in [-0.1, -0.05) is 52.3 Å². The highest BCUT2D eigenvalue weighted by atomic mass is 35.5. The number of likely N-dealkylation sites (tertiary alicyclic amines) is 1. The molecule has 0 aliphatic carbocycles. The highest BCUT2D eigenvalue weighted by Crippen LogP contribution is 2.56. The van der Waals surface area contributed by atoms with Crippen LogP contribution in [0.3, 0.4) is 0 Å². The molecule has 1 saturated heterocycles. The highest BCUT2D eigenvalue weighted by molar-refractivity contribution is 7.15. The van der Waals surface area contributed by atoms with E-state index in [0.29, 0.717) is 34.3 Å². The third-order valence-electron chi connectivity index (χ3n) is 7.43. The lowest BCUT2D eigenvalue weighted by molar-refractivity contribution is -0.168. The number of amides is 1. The summed E-state index contributed by atoms with van der Waals surface area (Å²) in [4.78, 5) is 45.0. The first-order valence-electron chi connectivity index (χ1n) is 14.2. The Morgan fingerprint density at radius 3 is 2.36 bits per heavy atom. The summed E-state index contributed by atoms with van der Waals surface area (Å²) < 4.78 is 12.2. The van der Waals surface area contributed by atoms with Gasteiger partial charge >= 0.3 is 5.97 Å². The first-order chi connectivity index (χ1) is 19.6. The predicted molar refractivity (Wildman–Crippen MR) is 165 cm³/mol. The van der Waals surface area contributed by atoms with Crippen molar-refractivity contribution in [3.05, 3.63) is 69.2 Å². The molecule has 2 aromatic heterocycles. The van der Waals surface area contributed by atoms with Crippen molar-refractivity contribution in [1.82, 2.24) is 19.9 Å². The van der Waals surface area contributed by atoms with Crippen LogP contribution in [0, 0.1) is 5.92 Å². The van der Waals surface area contributed by atoms with Crippen LogP contribution in [0.25, 0.3) is 0 Å². The van der Waals surface area contributed by atoms with E-state index in [1.165, 1.54) is 11.3 Å². The number of carbonyl (C=O) groups is 2. The zero-order chi connectivity index (χ0) is 31.0. The molecule has 10 heteroatoms. The van der Waals surface area contributed by atoms with Crippen LogP contribution in [0.2, 0.25) is 4.47 Å². The Bertz CT molecular complexity index is 1430. The molecule has 0 N–H and O–H groups in total. The first kappa shape index (κ1) is 31.9. The Balaban J connectivity index is 1.99. The molecule has 42 heavy (non-hydrogen) atoms. The van der Waals surface area contributed by atoms with Gasteiger partial charge in [0, 0.05) is 41.1 Å². The van der Waals surface area contributed by atoms with Gasteiger partial charge in [0.15, 0.2) is 4.47 Å². The van der Waals surface area contributed by atoms with E-state index in [2.05, 4.69) is 35.7 Å². The zero-order valence-electron chi connectivity index (χ0n) is 25.9. The van der Waals surface area contributed by atoms with Crippen molar-refractivity contribution in [2.24, 2.45) is 5.92 Å². The number of hydrogen-bond acceptors (Lipinski definition) is 8. The van der Waals surface area contributed by atoms with Gasteiger partial charge in [-0.15, -0.1) is 11.3 Å². The van der Waals surface area contributed by atoms with Crippen molar-refractivity contribution < 1.29 is 19.1 Å². The Kier molecular flexibility index (Phi) is 9.05. The van der Waals surface area contributed by atoms with Gasteiger partial charge in [0.05, 0.1) is 18.8 Å². The maximum atomic E-state index is 14.9. The van der Waals surface area contributed by atoms with E-state index in [1.54, 1.807) is 42.9 Å². The molecular weight excluding hydrogens is 572 g/mol. The average molecular weight is 613 g/mol. The molecule has 226 valence electrons. The molecule has 3 aromatic rings. The predicted octanol–water partition coefficient (Wildman–Crippen LogP) is 7.39. The summed E-state index contributed by atoms with van der Waals surface area (Å²) in [7, 11) is 1.60. The van der Waals surface area contributed by atoms with Crippen LogP contribution in [0.15, 0.2) is 43.0 Å². The quantitative estimate of drug-likeness (QED) is 0.257. The number of hydrogen-bond donors (Lipinski definition) is 0. The molecular formula is C32H41ClN4O4S. The summed E-state index contributed by atoms with van der Waals surface area (Å²) >= 11 is 7.64. The van der Waals surface area contributed by atoms with E-state index in [4.69, 9.17) is 21.1 Å². The smallest absolute Gasteiger partial charge is 0.332 e. The average Bonchev–Trinajstić information content (AvgIpc) is 3.48. The lowest BCUT2D eigenvalue weighted by Gasteiger charge is -2.41. The van der Waals surface area contributed by atoms with E-state index in [9.17, 15) is 9.59 Å². The molecule has 3 unspecified atom stereocenters. The summed E-state index contributed by atoms with van der Waals surface area (Å²) in [6, 6.07) is 4.93. The van der Waals surface area contributed by atoms with Crippen LogP contribution >= 0.6 is 22.9 Å². The van der Waals surface area contributed by atoms with E-state index >= 15 is 0 Å². The number of carbonyl (C=O) groups excluding carboxylic acids is 2. The number of methoxy groups -OCH3 is 1. The maximum Gasteiger partial charge on any atom is 0.332 e. The molecule has 1 aromatic carbocycles. The van der Waals surface area contributed by atoms with Gasteiger partial charge in [-0.2, -0.15) is 0 Å². The molecule has 0 saturated carbocycles. The van der Waals surface area contributed by atoms with Crippen LogP contribution in [-0.4, -0.2) is 50.0 Å². The van der Waals surface area contributed by atoms with Crippen LogP contribution in [0.1, 0.15) is 107 Å². The summed E-state index contributed by atoms with van der Waals surface area (Å²) in [5.74, 6) is -0.427. The fraction of sp³-hybridized carbons (Fsp3) is 0.531. The van der Waals surface area contributed by atoms with Gasteiger partial charge in [-0.3, -0.25) is 14.8 Å². The van der Waals surface area contributed by atoms with E-state index in [-0.39, 0.29) is 23.2 Å². The van der Waals surface area contributed by atoms with Gasteiger partial charge in [-0.05, 0) is 62.6 Å². The molecule has 0 spiro atoms. The Labute approximate surface area is 257 Å². The van der Waals surface area contributed by atoms with Crippen LogP contribution in [0.4, 0.5) is 0 Å². The normalized spacial score (nSPS) is 21.1. The minimum absolute atomic E-state index is 0.0666. The topological polar surface area (TPSA) is 94.5 Å². The second-order valence-electron chi connectivity index (χ2n) is 13.4. The number of benzene rings is 1. The molecule has 1 aliphatic heterocycles. The second kappa shape index (κ2) is 11.9. The minimum Gasteiger partial charge on any atom is -0.496 e. The Hall–Kier alpha value is -3.04. The zero-order valence-corrected chi connectivity index (χ0v) is 27.5. The van der Waals surface area contributed by atoms with Gasteiger partial charge in [0.2, 0.25) is 0 Å². The third-order valence-corrected chi connectivity index (χ3v) is 8.61. The van der Waals surface area contributed by atoms with Crippen molar-refractivity contribution in [3.8, 4) is 5.75 Å². The van der Waals surface area contributed by atoms with Gasteiger partial charge in [-0.25, -0.2) is 9.78 Å². The number of thiazole rings is 1. The lowest BCUT2D eigenvalue weighted by Crippen LogP contribution is -2.56. The van der Waals surface area contributed by atoms with Crippen molar-refractivity contribution in [2.45, 2.75) is 96.7 Å². The summed E-state index contributed by atoms with van der Waals surface area (Å²) in [6.07, 6.45) is 7.32. The molecule has 3 atom stereocenters. The molecule has 0 radical (unpaired) electrons. The van der Waals surface area contributed by atoms with Crippen molar-refractivity contribution >= 4 is 34.8 Å². The van der Waals surface area contributed by atoms with Crippen molar-refractivity contribution in [1.29, 1.82) is 0 Å². The van der Waals surface area contributed by atoms with Crippen LogP contribution in [-0.2, 0) is 14.9 Å². The molecule has 1 aliphatic rings. The van der Waals surface area contributed by atoms with Gasteiger partial charge in [0.25, 0.3) is 5.91 Å². The van der Waals surface area contributed by atoms with E-state index in [0.717, 1.165) is 10.4 Å². The molecule has 8 nitrogen and oxygen atoms in total. The standard InChI is InChI=1S/C32H41ClN4O4S/c1-19(2)15-32(28(39)41-31(6,7)8)16-21(23-17-34-12-13-35-23)26(25-18-36-29(33)42-25)37(32)27(38)20-10-11-22(30(3,4)5)24(14-20)40-9/h10-14,17-19,21,26H,15-16H2,1-9H3. The fourth-order valence-electron chi connectivity index (χ4n) is 5.91. The van der Waals surface area contributed by atoms with E-state index in [1.807, 2.05) is 46.8 Å². The number of halogens is 1. The van der Waals surface area contributed by atoms with E-state index < -0.39 is 23.2 Å². The minimum atomic E-state index is -1.29. The van der Waals surface area contributed by atoms with Crippen LogP contribution in [0.5, 0.6) is 5.75 Å². The van der Waals surface area contributed by atoms with Crippen molar-refractivity contribution in [3.63, 3.8) is 0 Å². The number of nitrogens with zero attached hydrogens (tertiary/aromatic N) is 4. The summed E-state index contributed by atoms with van der Waals surface area (Å²) in [5, 5.41) is 0. The summed E-state index contributed by atoms with van der Waals surface area (Å²) in [5.41, 5.74) is -0.181. The summed E-state index contributed by atoms with van der Waals surface area (Å²) in [6.45, 7) is 15.9. The number of aromatic nitrogens is 3. The Morgan fingerprint density at radius 1 is 1.12 bits per heavy atom. The molecule has 0 bridgehead atoms. The Morgan fingerprint density at radius 2 is 1.83 bits per heavy atom. The van der Waals surface area contributed by atoms with Gasteiger partial charge < -0.3 is 14.4 Å². The third kappa shape index (κ3) is 6.47. The van der Waals surface area contributed by atoms with Crippen LogP contribution < -0.4 is 4.74 Å². The molecule has 3 heterocycles. The second-order valence-corrected chi connectivity index (χ2v) is 15.0. The monoisotopic (exact) mass is 612 g/mol. The number of ether oxygens (including phenoxy) is 2. The lowest BCUT2D eigenvalue weighted by atomic mass is 9.82. The highest BCUT2D eigenvalue weighted by Gasteiger charge is 2.61. The first-order valence-corrected chi connectivity index (χ1v) is 15.4. The maximum absolute atomic E-state index is 14.9. The SMILES string of the molecule is COc1cc(C(=O)N2C(c3cnc(Cl)s3)C(c3cnccn3)CC2(CC(C)C)C(=O)OC(C)(C)C)ccc1C(C)(C)C. The molecule has 4 rings (SSSR count). The van der Waals surface area contributed by atoms with Gasteiger partial charge in [0.1, 0.15) is 16.9 Å². The van der Waals surface area contributed by atoms with Crippen molar-refractivity contribution in [2.75, 3.05) is 7.11 Å². The number of esters is 1. The molecule has 1 fully saturated rings. The fourth-order valence-corrected chi connectivity index (χ4v) is 7.03. The largest absolute Gasteiger partial charge is 0.496 e.